The van der Waals surface area contributed by atoms with E-state index in [2.05, 4.69) is 93.5 Å². The van der Waals surface area contributed by atoms with Gasteiger partial charge in [-0.1, -0.05) is 96.8 Å². The lowest BCUT2D eigenvalue weighted by Crippen LogP contribution is -2.37. The molecule has 0 aliphatic rings. The summed E-state index contributed by atoms with van der Waals surface area (Å²) in [6.07, 6.45) is 19.5. The van der Waals surface area contributed by atoms with Crippen LogP contribution >= 0.6 is 0 Å². The number of rotatable bonds is 75. The number of carbonyl (C=O) groups excluding carboxylic acids is 13. The van der Waals surface area contributed by atoms with E-state index >= 15 is 0 Å². The molecule has 0 spiro atoms. The molecule has 147 heavy (non-hydrogen) atoms. The number of unbranched alkanes of at least 4 members (excludes halogenated alkanes) is 13. The van der Waals surface area contributed by atoms with Crippen LogP contribution in [-0.2, 0) is 119 Å². The molecule has 0 saturated carbocycles. The number of aryl methyl sites for hydroxylation is 1. The Bertz CT molecular complexity index is 4770. The second-order valence-corrected chi connectivity index (χ2v) is 32.7. The maximum atomic E-state index is 12.8. The van der Waals surface area contributed by atoms with Crippen LogP contribution in [0.1, 0.15) is 196 Å². The van der Waals surface area contributed by atoms with Crippen LogP contribution in [0.2, 0.25) is 0 Å². The number of alkyl carbamates (subject to hydrolysis) is 1. The van der Waals surface area contributed by atoms with Crippen molar-refractivity contribution in [3.05, 3.63) is 244 Å². The molecule has 35 heteroatoms. The Kier molecular flexibility index (Phi) is 71.8. The van der Waals surface area contributed by atoms with Gasteiger partial charge in [0.1, 0.15) is 60.9 Å². The van der Waals surface area contributed by atoms with Crippen LogP contribution in [0.25, 0.3) is 11.1 Å². The van der Waals surface area contributed by atoms with Crippen molar-refractivity contribution in [2.24, 2.45) is 0 Å². The van der Waals surface area contributed by atoms with Gasteiger partial charge in [-0.3, -0.25) is 4.79 Å². The average Bonchev–Trinajstić information content (AvgIpc) is 0.827. The number of carbonyl (C=O) groups is 13. The van der Waals surface area contributed by atoms with Crippen molar-refractivity contribution in [3.63, 3.8) is 0 Å². The molecule has 0 fully saturated rings. The molecule has 5 aromatic rings. The number of hydrogen-bond donors (Lipinski definition) is 1. The molecular weight excluding hydrogens is 1900 g/mol. The largest absolute Gasteiger partial charge is 0.494 e. The lowest BCUT2D eigenvalue weighted by atomic mass is 10.1. The fraction of sp³-hybridized carbons (Fsp3) is 0.455. The summed E-state index contributed by atoms with van der Waals surface area (Å²) in [5.74, 6) is -2.21. The predicted molar refractivity (Wildman–Crippen MR) is 551 cm³/mol. The molecule has 35 nitrogen and oxygen atoms in total. The first-order valence-corrected chi connectivity index (χ1v) is 49.0. The van der Waals surface area contributed by atoms with E-state index in [1.165, 1.54) is 45.9 Å². The van der Waals surface area contributed by atoms with Crippen LogP contribution in [0.5, 0.6) is 34.5 Å². The molecule has 0 saturated heterocycles. The quantitative estimate of drug-likeness (QED) is 0.0124. The van der Waals surface area contributed by atoms with Gasteiger partial charge < -0.3 is 105 Å². The van der Waals surface area contributed by atoms with Gasteiger partial charge >= 0.3 is 77.7 Å². The summed E-state index contributed by atoms with van der Waals surface area (Å²) < 4.78 is 112. The zero-order valence-electron chi connectivity index (χ0n) is 86.3. The Labute approximate surface area is 863 Å². The SMILES string of the molecule is C=C(C)C(=O)OCCOCCCC(=O)OC(COCC(C)OCC(COC(=O)C(=C)C)OC(=O)NCCOCCOC(=O)C(=C)C)COC(=O)C(=C)C.C=CC(=O)OCCCC.C=CC(=O)OCCCCCCOc1ccc(-c2ccc(OCCCCCCOC(=O)C=C)cc2)cc1.C=CC(=O)OCCCCCCOc1ccc(C(=O)Oc2ccc(OC(=O)c3ccc(OCCCCCCOC(=O)C=C)cc3)c(C)c2)cc1. The molecule has 0 radical (unpaired) electrons. The van der Waals surface area contributed by atoms with Crippen molar-refractivity contribution < 1.29 is 162 Å². The Balaban J connectivity index is 0.000000723. The van der Waals surface area contributed by atoms with E-state index in [9.17, 15) is 62.3 Å². The Hall–Kier alpha value is -14.3. The smallest absolute Gasteiger partial charge is 0.407 e. The molecule has 0 heterocycles. The second kappa shape index (κ2) is 81.9. The van der Waals surface area contributed by atoms with E-state index in [-0.39, 0.29) is 126 Å². The zero-order valence-corrected chi connectivity index (χ0v) is 86.3. The highest BCUT2D eigenvalue weighted by atomic mass is 16.6. The van der Waals surface area contributed by atoms with Crippen LogP contribution < -0.4 is 33.7 Å². The van der Waals surface area contributed by atoms with E-state index < -0.39 is 78.1 Å². The van der Waals surface area contributed by atoms with E-state index in [0.717, 1.165) is 150 Å². The van der Waals surface area contributed by atoms with Gasteiger partial charge in [0.15, 0.2) is 12.2 Å². The number of esters is 12. The highest BCUT2D eigenvalue weighted by Gasteiger charge is 2.24. The Morgan fingerprint density at radius 3 is 1.01 bits per heavy atom. The second-order valence-electron chi connectivity index (χ2n) is 32.7. The van der Waals surface area contributed by atoms with Crippen LogP contribution in [0, 0.1) is 6.92 Å². The Morgan fingerprint density at radius 2 is 0.653 bits per heavy atom. The van der Waals surface area contributed by atoms with Crippen molar-refractivity contribution in [1.29, 1.82) is 0 Å². The van der Waals surface area contributed by atoms with Gasteiger partial charge in [0.25, 0.3) is 0 Å². The summed E-state index contributed by atoms with van der Waals surface area (Å²) in [5.41, 5.74) is 4.47. The van der Waals surface area contributed by atoms with Crippen molar-refractivity contribution >= 4 is 77.7 Å². The predicted octanol–water partition coefficient (Wildman–Crippen LogP) is 18.7. The molecule has 3 unspecified atom stereocenters. The zero-order chi connectivity index (χ0) is 108. The molecule has 0 aromatic heterocycles. The summed E-state index contributed by atoms with van der Waals surface area (Å²) in [6.45, 7) is 46.6. The lowest BCUT2D eigenvalue weighted by Gasteiger charge is -2.22. The molecule has 5 aromatic carbocycles. The fourth-order valence-corrected chi connectivity index (χ4v) is 11.6. The standard InChI is InChI=1S/C39H44O10.C36H55NO16.C30H38O6.C7H12O2/c1-4-36(40)46-26-12-8-6-10-24-44-32-18-14-30(15-19-32)38(42)48-34-22-23-35(29(3)28-34)49-39(43)31-16-20-33(21-17-31)45-25-11-7-9-13-27-47-37(41)5-2;1-24(2)32(39)47-17-15-44-13-10-11-31(38)52-29(22-50-34(41)26(5)6)20-46-19-28(9)49-21-30(23-51-35(42)27(7)8)53-36(43)37-12-14-45-16-18-48-33(40)25(3)4;1-3-29(31)35-23-11-7-5-9-21-33-27-17-13-25(14-18-27)26-15-19-28(20-16-26)34-22-10-6-8-12-24-36-30(32)4-2;1-3-5-6-9-7(8)4-2/h4-5,14-23,28H,1-2,6-13,24-27H2,3H3;28-30H,1,3,5,7,10-23H2,2,4,6,8-9H3,(H,37,43);3-4,13-20H,1-2,5-12,21-24H2;4H,2-3,5-6H2,1H3. The van der Waals surface area contributed by atoms with Gasteiger partial charge in [-0.15, -0.1) is 0 Å². The molecule has 0 aliphatic carbocycles. The highest BCUT2D eigenvalue weighted by Crippen LogP contribution is 2.29. The van der Waals surface area contributed by atoms with Gasteiger partial charge in [-0.25, -0.2) is 57.5 Å². The van der Waals surface area contributed by atoms with Crippen LogP contribution in [0.3, 0.4) is 0 Å². The summed E-state index contributed by atoms with van der Waals surface area (Å²) in [4.78, 5) is 151. The van der Waals surface area contributed by atoms with E-state index in [1.807, 2.05) is 31.2 Å². The maximum absolute atomic E-state index is 12.8. The monoisotopic (exact) mass is 2050 g/mol. The number of nitrogens with one attached hydrogen (secondary N) is 1. The molecule has 0 aliphatic heterocycles. The first kappa shape index (κ1) is 129. The van der Waals surface area contributed by atoms with Crippen LogP contribution in [0.15, 0.2) is 227 Å². The Morgan fingerprint density at radius 1 is 0.320 bits per heavy atom. The average molecular weight is 2050 g/mol. The molecule has 1 amide bonds. The van der Waals surface area contributed by atoms with Gasteiger partial charge in [-0.05, 0) is 265 Å². The van der Waals surface area contributed by atoms with Gasteiger partial charge in [0, 0.05) is 72.2 Å². The number of ether oxygens (including phenoxy) is 21. The van der Waals surface area contributed by atoms with Crippen molar-refractivity contribution in [2.45, 2.75) is 195 Å². The van der Waals surface area contributed by atoms with E-state index in [1.54, 1.807) is 80.6 Å². The van der Waals surface area contributed by atoms with Crippen molar-refractivity contribution in [2.75, 3.05) is 139 Å². The van der Waals surface area contributed by atoms with Crippen molar-refractivity contribution in [3.8, 4) is 45.6 Å². The van der Waals surface area contributed by atoms with Crippen LogP contribution in [-0.4, -0.2) is 235 Å². The maximum Gasteiger partial charge on any atom is 0.407 e. The minimum absolute atomic E-state index is 0.000901. The number of benzene rings is 5. The topological polar surface area (TPSA) is 428 Å². The summed E-state index contributed by atoms with van der Waals surface area (Å²) in [5, 5.41) is 2.49. The normalized spacial score (nSPS) is 10.9. The minimum atomic E-state index is -1.01. The molecule has 806 valence electrons. The van der Waals surface area contributed by atoms with Crippen LogP contribution in [0.4, 0.5) is 4.79 Å². The fourth-order valence-electron chi connectivity index (χ4n) is 11.6. The first-order valence-electron chi connectivity index (χ1n) is 49.0. The summed E-state index contributed by atoms with van der Waals surface area (Å²) >= 11 is 0. The third-order valence-corrected chi connectivity index (χ3v) is 19.7. The summed E-state index contributed by atoms with van der Waals surface area (Å²) in [7, 11) is 0. The third-order valence-electron chi connectivity index (χ3n) is 19.7. The number of hydrogen-bond acceptors (Lipinski definition) is 34. The number of amides is 1. The van der Waals surface area contributed by atoms with Gasteiger partial charge in [-0.2, -0.15) is 0 Å². The highest BCUT2D eigenvalue weighted by molar-refractivity contribution is 5.93. The first-order chi connectivity index (χ1) is 70.7. The lowest BCUT2D eigenvalue weighted by molar-refractivity contribution is -0.162. The van der Waals surface area contributed by atoms with Gasteiger partial charge in [0.2, 0.25) is 0 Å². The molecule has 1 N–H and O–H groups in total. The van der Waals surface area contributed by atoms with E-state index in [0.29, 0.717) is 106 Å². The minimum Gasteiger partial charge on any atom is -0.494 e. The third kappa shape index (κ3) is 66.4. The molecular formula is C112H149NO34. The van der Waals surface area contributed by atoms with Gasteiger partial charge in [0.05, 0.1) is 116 Å². The molecule has 5 rings (SSSR count). The molecule has 0 bridgehead atoms. The molecule has 3 atom stereocenters. The van der Waals surface area contributed by atoms with Crippen molar-refractivity contribution in [1.82, 2.24) is 5.32 Å². The van der Waals surface area contributed by atoms with E-state index in [4.69, 9.17) is 94.7 Å². The summed E-state index contributed by atoms with van der Waals surface area (Å²) in [6, 6.07) is 34.4.